The van der Waals surface area contributed by atoms with E-state index in [1.807, 2.05) is 6.92 Å². The van der Waals surface area contributed by atoms with Gasteiger partial charge < -0.3 is 10.2 Å². The van der Waals surface area contributed by atoms with Gasteiger partial charge in [-0.15, -0.1) is 0 Å². The van der Waals surface area contributed by atoms with Gasteiger partial charge in [-0.2, -0.15) is 0 Å². The molecule has 1 N–H and O–H groups in total. The summed E-state index contributed by atoms with van der Waals surface area (Å²) in [4.78, 5) is 25.6. The molecule has 0 aliphatic rings. The van der Waals surface area contributed by atoms with E-state index < -0.39 is 0 Å². The highest BCUT2D eigenvalue weighted by Crippen LogP contribution is 2.32. The molecule has 132 valence electrons. The summed E-state index contributed by atoms with van der Waals surface area (Å²) < 4.78 is 0. The number of aryl methyl sites for hydroxylation is 1. The van der Waals surface area contributed by atoms with Gasteiger partial charge in [0.05, 0.1) is 15.7 Å². The van der Waals surface area contributed by atoms with Crippen LogP contribution < -0.4 is 10.2 Å². The first-order valence-electron chi connectivity index (χ1n) is 7.57. The molecule has 4 nitrogen and oxygen atoms in total. The van der Waals surface area contributed by atoms with Crippen molar-refractivity contribution < 1.29 is 9.59 Å². The number of carbonyl (C=O) groups excluding carboxylic acids is 2. The Hall–Kier alpha value is -1.75. The number of nitrogens with zero attached hydrogens (tertiary/aromatic N) is 1. The number of rotatable bonds is 5. The molecule has 0 bridgehead atoms. The van der Waals surface area contributed by atoms with Gasteiger partial charge in [0.15, 0.2) is 0 Å². The third-order valence-electron chi connectivity index (χ3n) is 3.63. The van der Waals surface area contributed by atoms with Gasteiger partial charge in [0.25, 0.3) is 0 Å². The van der Waals surface area contributed by atoms with E-state index in [0.717, 1.165) is 5.56 Å². The first kappa shape index (κ1) is 19.6. The Kier molecular flexibility index (Phi) is 6.71. The van der Waals surface area contributed by atoms with E-state index in [4.69, 9.17) is 34.8 Å². The van der Waals surface area contributed by atoms with Crippen LogP contribution in [0.5, 0.6) is 0 Å². The zero-order valence-corrected chi connectivity index (χ0v) is 16.0. The van der Waals surface area contributed by atoms with Crippen molar-refractivity contribution in [3.05, 3.63) is 57.0 Å². The molecule has 0 atom stereocenters. The third kappa shape index (κ3) is 5.11. The summed E-state index contributed by atoms with van der Waals surface area (Å²) in [7, 11) is 0. The van der Waals surface area contributed by atoms with Gasteiger partial charge in [-0.05, 0) is 42.8 Å². The lowest BCUT2D eigenvalue weighted by molar-refractivity contribution is -0.117. The molecule has 2 amide bonds. The van der Waals surface area contributed by atoms with Crippen molar-refractivity contribution in [1.29, 1.82) is 0 Å². The van der Waals surface area contributed by atoms with E-state index in [1.54, 1.807) is 36.4 Å². The molecule has 25 heavy (non-hydrogen) atoms. The molecule has 2 rings (SSSR count). The largest absolute Gasteiger partial charge is 0.326 e. The zero-order valence-electron chi connectivity index (χ0n) is 13.8. The summed E-state index contributed by atoms with van der Waals surface area (Å²) in [6.45, 7) is 3.46. The Morgan fingerprint density at radius 2 is 1.84 bits per heavy atom. The Morgan fingerprint density at radius 3 is 2.48 bits per heavy atom. The Bertz CT molecular complexity index is 809. The average molecular weight is 400 g/mol. The summed E-state index contributed by atoms with van der Waals surface area (Å²) >= 11 is 18.1. The molecule has 7 heteroatoms. The molecule has 0 saturated carbocycles. The topological polar surface area (TPSA) is 49.4 Å². The van der Waals surface area contributed by atoms with Gasteiger partial charge >= 0.3 is 0 Å². The molecule has 0 aromatic heterocycles. The van der Waals surface area contributed by atoms with Gasteiger partial charge in [0, 0.05) is 30.6 Å². The monoisotopic (exact) mass is 398 g/mol. The maximum atomic E-state index is 12.2. The van der Waals surface area contributed by atoms with E-state index in [1.165, 1.54) is 11.8 Å². The number of hydrogen-bond donors (Lipinski definition) is 1. The minimum absolute atomic E-state index is 0.116. The van der Waals surface area contributed by atoms with E-state index in [0.29, 0.717) is 21.4 Å². The molecule has 0 saturated heterocycles. The molecule has 0 fully saturated rings. The van der Waals surface area contributed by atoms with Crippen LogP contribution in [0.25, 0.3) is 0 Å². The number of halogens is 3. The second-order valence-electron chi connectivity index (χ2n) is 5.50. The lowest BCUT2D eigenvalue weighted by Crippen LogP contribution is -2.32. The van der Waals surface area contributed by atoms with Crippen molar-refractivity contribution in [3.8, 4) is 0 Å². The van der Waals surface area contributed by atoms with Crippen LogP contribution in [-0.2, 0) is 9.59 Å². The SMILES string of the molecule is CC(=O)N(CCC(=O)Nc1ccc(Cl)cc1C)c1cccc(Cl)c1Cl. The van der Waals surface area contributed by atoms with Gasteiger partial charge in [0.1, 0.15) is 0 Å². The van der Waals surface area contributed by atoms with Crippen LogP contribution >= 0.6 is 34.8 Å². The lowest BCUT2D eigenvalue weighted by Gasteiger charge is -2.22. The predicted octanol–water partition coefficient (Wildman–Crippen LogP) is 5.34. The first-order chi connectivity index (χ1) is 11.8. The predicted molar refractivity (Wildman–Crippen MR) is 104 cm³/mol. The maximum absolute atomic E-state index is 12.2. The number of carbonyl (C=O) groups is 2. The third-order valence-corrected chi connectivity index (χ3v) is 4.67. The number of amides is 2. The van der Waals surface area contributed by atoms with Gasteiger partial charge in [-0.1, -0.05) is 40.9 Å². The molecule has 0 unspecified atom stereocenters. The highest BCUT2D eigenvalue weighted by molar-refractivity contribution is 6.44. The minimum Gasteiger partial charge on any atom is -0.326 e. The van der Waals surface area contributed by atoms with E-state index >= 15 is 0 Å². The Morgan fingerprint density at radius 1 is 1.12 bits per heavy atom. The smallest absolute Gasteiger partial charge is 0.226 e. The van der Waals surface area contributed by atoms with Crippen LogP contribution in [0.3, 0.4) is 0 Å². The van der Waals surface area contributed by atoms with Crippen LogP contribution in [0.15, 0.2) is 36.4 Å². The minimum atomic E-state index is -0.223. The first-order valence-corrected chi connectivity index (χ1v) is 8.71. The van der Waals surface area contributed by atoms with Crippen LogP contribution in [-0.4, -0.2) is 18.4 Å². The normalized spacial score (nSPS) is 10.4. The molecular weight excluding hydrogens is 383 g/mol. The van der Waals surface area contributed by atoms with Crippen LogP contribution in [0.4, 0.5) is 11.4 Å². The fraction of sp³-hybridized carbons (Fsp3) is 0.222. The fourth-order valence-electron chi connectivity index (χ4n) is 2.34. The fourth-order valence-corrected chi connectivity index (χ4v) is 2.97. The quantitative estimate of drug-likeness (QED) is 0.738. The van der Waals surface area contributed by atoms with Crippen LogP contribution in [0, 0.1) is 6.92 Å². The molecule has 0 heterocycles. The summed E-state index contributed by atoms with van der Waals surface area (Å²) in [5, 5.41) is 4.06. The van der Waals surface area contributed by atoms with Crippen molar-refractivity contribution in [2.45, 2.75) is 20.3 Å². The number of nitrogens with one attached hydrogen (secondary N) is 1. The van der Waals surface area contributed by atoms with E-state index in [2.05, 4.69) is 5.32 Å². The van der Waals surface area contributed by atoms with Crippen molar-refractivity contribution in [2.75, 3.05) is 16.8 Å². The Labute approximate surface area is 161 Å². The molecule has 0 radical (unpaired) electrons. The standard InChI is InChI=1S/C18H17Cl3N2O2/c1-11-10-13(19)6-7-15(11)22-17(25)8-9-23(12(2)24)16-5-3-4-14(20)18(16)21/h3-7,10H,8-9H2,1-2H3,(H,22,25). The molecule has 0 spiro atoms. The van der Waals surface area contributed by atoms with Gasteiger partial charge in [0.2, 0.25) is 11.8 Å². The second-order valence-corrected chi connectivity index (χ2v) is 6.72. The van der Waals surface area contributed by atoms with Crippen molar-refractivity contribution >= 4 is 58.0 Å². The zero-order chi connectivity index (χ0) is 18.6. The number of anilines is 2. The maximum Gasteiger partial charge on any atom is 0.226 e. The number of benzene rings is 2. The lowest BCUT2D eigenvalue weighted by atomic mass is 10.2. The van der Waals surface area contributed by atoms with Crippen molar-refractivity contribution in [1.82, 2.24) is 0 Å². The Balaban J connectivity index is 2.07. The molecule has 0 aliphatic carbocycles. The summed E-state index contributed by atoms with van der Waals surface area (Å²) in [5.74, 6) is -0.436. The highest BCUT2D eigenvalue weighted by atomic mass is 35.5. The molecule has 2 aromatic rings. The number of hydrogen-bond acceptors (Lipinski definition) is 2. The second kappa shape index (κ2) is 8.56. The molecule has 2 aromatic carbocycles. The van der Waals surface area contributed by atoms with Crippen molar-refractivity contribution in [2.24, 2.45) is 0 Å². The van der Waals surface area contributed by atoms with Gasteiger partial charge in [-0.25, -0.2) is 0 Å². The van der Waals surface area contributed by atoms with Crippen molar-refractivity contribution in [3.63, 3.8) is 0 Å². The van der Waals surface area contributed by atoms with Gasteiger partial charge in [-0.3, -0.25) is 9.59 Å². The van der Waals surface area contributed by atoms with E-state index in [9.17, 15) is 9.59 Å². The average Bonchev–Trinajstić information content (AvgIpc) is 2.54. The molecular formula is C18H17Cl3N2O2. The molecule has 0 aliphatic heterocycles. The summed E-state index contributed by atoms with van der Waals surface area (Å²) in [6.07, 6.45) is 0.116. The van der Waals surface area contributed by atoms with Crippen LogP contribution in [0.1, 0.15) is 18.9 Å². The van der Waals surface area contributed by atoms with E-state index in [-0.39, 0.29) is 29.8 Å². The van der Waals surface area contributed by atoms with Crippen LogP contribution in [0.2, 0.25) is 15.1 Å². The summed E-state index contributed by atoms with van der Waals surface area (Å²) in [5.41, 5.74) is 2.03. The highest BCUT2D eigenvalue weighted by Gasteiger charge is 2.17. The summed E-state index contributed by atoms with van der Waals surface area (Å²) in [6, 6.07) is 10.3.